The van der Waals surface area contributed by atoms with Gasteiger partial charge in [-0.1, -0.05) is 152 Å². The number of nitrogens with zero attached hydrogens (tertiary/aromatic N) is 2. The highest BCUT2D eigenvalue weighted by Gasteiger charge is 2.14. The molecule has 0 spiro atoms. The van der Waals surface area contributed by atoms with Crippen LogP contribution in [-0.2, 0) is 0 Å². The van der Waals surface area contributed by atoms with Crippen molar-refractivity contribution in [2.75, 3.05) is 9.80 Å². The van der Waals surface area contributed by atoms with Crippen molar-refractivity contribution in [2.24, 2.45) is 0 Å². The minimum Gasteiger partial charge on any atom is -0.311 e. The average molecular weight is 681 g/mol. The van der Waals surface area contributed by atoms with E-state index in [0.29, 0.717) is 0 Å². The lowest BCUT2D eigenvalue weighted by Gasteiger charge is -2.26. The number of hydrogen-bond donors (Lipinski definition) is 0. The average Bonchev–Trinajstić information content (AvgIpc) is 3.23. The van der Waals surface area contributed by atoms with Gasteiger partial charge in [0.05, 0.1) is 0 Å². The maximum atomic E-state index is 2.32. The molecule has 53 heavy (non-hydrogen) atoms. The predicted molar refractivity (Wildman–Crippen MR) is 227 cm³/mol. The molecule has 8 rings (SSSR count). The summed E-state index contributed by atoms with van der Waals surface area (Å²) in [7, 11) is 0. The van der Waals surface area contributed by atoms with Crippen LogP contribution in [-0.4, -0.2) is 0 Å². The van der Waals surface area contributed by atoms with Gasteiger partial charge in [-0.05, 0) is 119 Å². The molecule has 0 radical (unpaired) electrons. The minimum atomic E-state index is 1.12. The Hall–Kier alpha value is -6.90. The second kappa shape index (κ2) is 15.6. The van der Waals surface area contributed by atoms with Crippen molar-refractivity contribution in [3.05, 3.63) is 229 Å². The Kier molecular flexibility index (Phi) is 9.76. The van der Waals surface area contributed by atoms with E-state index in [2.05, 4.69) is 241 Å². The number of benzene rings is 8. The molecule has 0 N–H and O–H groups in total. The maximum absolute atomic E-state index is 2.32. The monoisotopic (exact) mass is 680 g/mol. The molecular formula is C51H40N2. The van der Waals surface area contributed by atoms with Crippen LogP contribution < -0.4 is 9.80 Å². The third-order valence-corrected chi connectivity index (χ3v) is 9.51. The van der Waals surface area contributed by atoms with Crippen LogP contribution in [0.15, 0.2) is 212 Å². The van der Waals surface area contributed by atoms with Gasteiger partial charge in [0.1, 0.15) is 0 Å². The molecule has 0 saturated heterocycles. The molecular weight excluding hydrogens is 641 g/mol. The standard InChI is InChI=1S/C51H40N2/c1-39-12-11-19-51(38-39)53(50-36-28-44(29-37-50)42-13-5-2-6-14-42)48-32-24-41(25-33-48)21-20-40-22-26-43(27-23-40)45-30-34-49(35-31-45)52(46-15-7-3-8-16-46)47-17-9-4-10-18-47/h2-38H,1H3/b21-20+. The van der Waals surface area contributed by atoms with Crippen molar-refractivity contribution in [1.82, 2.24) is 0 Å². The fourth-order valence-corrected chi connectivity index (χ4v) is 6.77. The molecule has 0 fully saturated rings. The molecule has 0 aliphatic heterocycles. The van der Waals surface area contributed by atoms with Gasteiger partial charge in [0.15, 0.2) is 0 Å². The second-order valence-electron chi connectivity index (χ2n) is 13.2. The van der Waals surface area contributed by atoms with Crippen LogP contribution in [0.2, 0.25) is 0 Å². The van der Waals surface area contributed by atoms with E-state index in [9.17, 15) is 0 Å². The molecule has 2 nitrogen and oxygen atoms in total. The van der Waals surface area contributed by atoms with Crippen LogP contribution in [0.3, 0.4) is 0 Å². The summed E-state index contributed by atoms with van der Waals surface area (Å²) in [6, 6.07) is 75.4. The summed E-state index contributed by atoms with van der Waals surface area (Å²) in [6.07, 6.45) is 4.36. The molecule has 0 aliphatic carbocycles. The first kappa shape index (κ1) is 33.3. The Balaban J connectivity index is 0.983. The highest BCUT2D eigenvalue weighted by Crippen LogP contribution is 2.37. The Morgan fingerprint density at radius 1 is 0.283 bits per heavy atom. The van der Waals surface area contributed by atoms with E-state index < -0.39 is 0 Å². The van der Waals surface area contributed by atoms with Gasteiger partial charge in [-0.3, -0.25) is 0 Å². The summed E-state index contributed by atoms with van der Waals surface area (Å²) in [5.41, 5.74) is 15.1. The lowest BCUT2D eigenvalue weighted by Crippen LogP contribution is -2.10. The topological polar surface area (TPSA) is 6.48 Å². The Morgan fingerprint density at radius 3 is 1.06 bits per heavy atom. The van der Waals surface area contributed by atoms with Gasteiger partial charge in [-0.2, -0.15) is 0 Å². The first-order chi connectivity index (χ1) is 26.2. The van der Waals surface area contributed by atoms with E-state index in [1.54, 1.807) is 0 Å². The van der Waals surface area contributed by atoms with Gasteiger partial charge in [-0.25, -0.2) is 0 Å². The van der Waals surface area contributed by atoms with Crippen molar-refractivity contribution in [3.8, 4) is 22.3 Å². The van der Waals surface area contributed by atoms with Crippen molar-refractivity contribution < 1.29 is 0 Å². The van der Waals surface area contributed by atoms with Crippen LogP contribution in [0.5, 0.6) is 0 Å². The molecule has 0 bridgehead atoms. The molecule has 2 heteroatoms. The van der Waals surface area contributed by atoms with Gasteiger partial charge in [0, 0.05) is 34.1 Å². The molecule has 0 atom stereocenters. The molecule has 254 valence electrons. The zero-order valence-corrected chi connectivity index (χ0v) is 29.8. The Morgan fingerprint density at radius 2 is 0.604 bits per heavy atom. The number of para-hydroxylation sites is 2. The fourth-order valence-electron chi connectivity index (χ4n) is 6.77. The SMILES string of the molecule is Cc1cccc(N(c2ccc(/C=C/c3ccc(-c4ccc(N(c5ccccc5)c5ccccc5)cc4)cc3)cc2)c2ccc(-c3ccccc3)cc2)c1. The summed E-state index contributed by atoms with van der Waals surface area (Å²) in [6.45, 7) is 2.14. The molecule has 8 aromatic rings. The van der Waals surface area contributed by atoms with Gasteiger partial charge in [0.25, 0.3) is 0 Å². The zero-order chi connectivity index (χ0) is 35.8. The largest absolute Gasteiger partial charge is 0.311 e. The van der Waals surface area contributed by atoms with E-state index in [1.807, 2.05) is 0 Å². The van der Waals surface area contributed by atoms with E-state index >= 15 is 0 Å². The maximum Gasteiger partial charge on any atom is 0.0464 e. The Bertz CT molecular complexity index is 2360. The third-order valence-electron chi connectivity index (χ3n) is 9.51. The van der Waals surface area contributed by atoms with E-state index in [4.69, 9.17) is 0 Å². The van der Waals surface area contributed by atoms with E-state index in [-0.39, 0.29) is 0 Å². The van der Waals surface area contributed by atoms with E-state index in [0.717, 1.165) is 45.3 Å². The van der Waals surface area contributed by atoms with Crippen molar-refractivity contribution in [1.29, 1.82) is 0 Å². The highest BCUT2D eigenvalue weighted by atomic mass is 15.1. The number of aryl methyl sites for hydroxylation is 1. The summed E-state index contributed by atoms with van der Waals surface area (Å²) < 4.78 is 0. The smallest absolute Gasteiger partial charge is 0.0464 e. The zero-order valence-electron chi connectivity index (χ0n) is 29.8. The first-order valence-corrected chi connectivity index (χ1v) is 18.1. The summed E-state index contributed by atoms with van der Waals surface area (Å²) in [5, 5.41) is 0. The van der Waals surface area contributed by atoms with Crippen molar-refractivity contribution in [3.63, 3.8) is 0 Å². The predicted octanol–water partition coefficient (Wildman–Crippen LogP) is 14.4. The lowest BCUT2D eigenvalue weighted by atomic mass is 10.0. The van der Waals surface area contributed by atoms with Gasteiger partial charge in [-0.15, -0.1) is 0 Å². The van der Waals surface area contributed by atoms with Gasteiger partial charge < -0.3 is 9.80 Å². The summed E-state index contributed by atoms with van der Waals surface area (Å²) >= 11 is 0. The van der Waals surface area contributed by atoms with Gasteiger partial charge >= 0.3 is 0 Å². The Labute approximate surface area is 313 Å². The number of hydrogen-bond acceptors (Lipinski definition) is 2. The second-order valence-corrected chi connectivity index (χ2v) is 13.2. The van der Waals surface area contributed by atoms with Crippen LogP contribution in [0.4, 0.5) is 34.1 Å². The van der Waals surface area contributed by atoms with E-state index in [1.165, 1.54) is 27.8 Å². The molecule has 0 aliphatic rings. The third kappa shape index (κ3) is 7.73. The van der Waals surface area contributed by atoms with Crippen LogP contribution in [0.25, 0.3) is 34.4 Å². The van der Waals surface area contributed by atoms with Crippen LogP contribution >= 0.6 is 0 Å². The lowest BCUT2D eigenvalue weighted by molar-refractivity contribution is 1.27. The quantitative estimate of drug-likeness (QED) is 0.133. The number of anilines is 6. The molecule has 0 unspecified atom stereocenters. The minimum absolute atomic E-state index is 1.12. The molecule has 0 heterocycles. The number of rotatable bonds is 10. The molecule has 0 saturated carbocycles. The van der Waals surface area contributed by atoms with Crippen LogP contribution in [0, 0.1) is 6.92 Å². The summed E-state index contributed by atoms with van der Waals surface area (Å²) in [5.74, 6) is 0. The normalized spacial score (nSPS) is 11.0. The first-order valence-electron chi connectivity index (χ1n) is 18.1. The molecule has 0 aromatic heterocycles. The highest BCUT2D eigenvalue weighted by molar-refractivity contribution is 5.81. The molecule has 8 aromatic carbocycles. The fraction of sp³-hybridized carbons (Fsp3) is 0.0196. The molecule has 0 amide bonds. The summed E-state index contributed by atoms with van der Waals surface area (Å²) in [4.78, 5) is 4.61. The van der Waals surface area contributed by atoms with Crippen LogP contribution in [0.1, 0.15) is 16.7 Å². The van der Waals surface area contributed by atoms with Crippen molar-refractivity contribution in [2.45, 2.75) is 6.92 Å². The van der Waals surface area contributed by atoms with Gasteiger partial charge in [0.2, 0.25) is 0 Å². The van der Waals surface area contributed by atoms with Crippen molar-refractivity contribution >= 4 is 46.3 Å².